The van der Waals surface area contributed by atoms with Gasteiger partial charge in [-0.25, -0.2) is 4.79 Å². The van der Waals surface area contributed by atoms with E-state index in [0.29, 0.717) is 12.2 Å². The van der Waals surface area contributed by atoms with Gasteiger partial charge >= 0.3 is 5.97 Å². The van der Waals surface area contributed by atoms with Crippen LogP contribution in [0.4, 0.5) is 0 Å². The molecule has 0 saturated carbocycles. The molecule has 1 aromatic carbocycles. The standard InChI is InChI=1S/C11H11ClO2/c1-2-14-11(13)10-5-3-9(4-6-10)7-8-12/h3-8H,2H2,1H3. The number of benzene rings is 1. The van der Waals surface area contributed by atoms with Crippen LogP contribution in [-0.4, -0.2) is 12.6 Å². The summed E-state index contributed by atoms with van der Waals surface area (Å²) in [6.07, 6.45) is 1.75. The Morgan fingerprint density at radius 1 is 1.43 bits per heavy atom. The van der Waals surface area contributed by atoms with Gasteiger partial charge in [-0.05, 0) is 30.7 Å². The van der Waals surface area contributed by atoms with Crippen molar-refractivity contribution in [2.45, 2.75) is 6.92 Å². The van der Waals surface area contributed by atoms with Gasteiger partial charge in [-0.3, -0.25) is 0 Å². The molecule has 1 rings (SSSR count). The smallest absolute Gasteiger partial charge is 0.338 e. The Hall–Kier alpha value is -1.28. The normalized spacial score (nSPS) is 10.4. The molecule has 0 aliphatic heterocycles. The summed E-state index contributed by atoms with van der Waals surface area (Å²) < 4.78 is 4.84. The molecule has 0 aliphatic carbocycles. The fourth-order valence-corrected chi connectivity index (χ4v) is 1.16. The van der Waals surface area contributed by atoms with Gasteiger partial charge in [0.2, 0.25) is 0 Å². The van der Waals surface area contributed by atoms with Crippen molar-refractivity contribution in [1.29, 1.82) is 0 Å². The first-order chi connectivity index (χ1) is 6.77. The van der Waals surface area contributed by atoms with Gasteiger partial charge in [0.25, 0.3) is 0 Å². The van der Waals surface area contributed by atoms with E-state index in [0.717, 1.165) is 5.56 Å². The molecule has 0 amide bonds. The molecule has 0 heterocycles. The summed E-state index contributed by atoms with van der Waals surface area (Å²) in [4.78, 5) is 11.2. The topological polar surface area (TPSA) is 26.3 Å². The number of hydrogen-bond acceptors (Lipinski definition) is 2. The number of carbonyl (C=O) groups excluding carboxylic acids is 1. The molecule has 0 aliphatic rings. The molecule has 0 N–H and O–H groups in total. The zero-order valence-corrected chi connectivity index (χ0v) is 8.62. The van der Waals surface area contributed by atoms with Gasteiger partial charge in [-0.1, -0.05) is 23.7 Å². The SMILES string of the molecule is CCOC(=O)c1ccc(C=CCl)cc1. The zero-order chi connectivity index (χ0) is 10.4. The van der Waals surface area contributed by atoms with Crippen molar-refractivity contribution in [3.8, 4) is 0 Å². The highest BCUT2D eigenvalue weighted by molar-refractivity contribution is 6.27. The Bertz CT molecular complexity index is 328. The third-order valence-electron chi connectivity index (χ3n) is 1.68. The Kier molecular flexibility index (Phi) is 4.20. The average Bonchev–Trinajstić information content (AvgIpc) is 2.20. The van der Waals surface area contributed by atoms with Gasteiger partial charge < -0.3 is 4.74 Å². The van der Waals surface area contributed by atoms with E-state index < -0.39 is 0 Å². The molecule has 0 aromatic heterocycles. The largest absolute Gasteiger partial charge is 0.462 e. The van der Waals surface area contributed by atoms with E-state index in [4.69, 9.17) is 16.3 Å². The molecule has 0 unspecified atom stereocenters. The summed E-state index contributed by atoms with van der Waals surface area (Å²) in [6, 6.07) is 7.05. The van der Waals surface area contributed by atoms with Gasteiger partial charge in [0.1, 0.15) is 0 Å². The molecular formula is C11H11ClO2. The molecule has 0 atom stereocenters. The monoisotopic (exact) mass is 210 g/mol. The van der Waals surface area contributed by atoms with Crippen LogP contribution in [-0.2, 0) is 4.74 Å². The molecule has 0 saturated heterocycles. The maximum Gasteiger partial charge on any atom is 0.338 e. The summed E-state index contributed by atoms with van der Waals surface area (Å²) >= 11 is 5.42. The summed E-state index contributed by atoms with van der Waals surface area (Å²) in [5, 5.41) is 0. The predicted octanol–water partition coefficient (Wildman–Crippen LogP) is 3.07. The second-order valence-electron chi connectivity index (χ2n) is 2.64. The summed E-state index contributed by atoms with van der Waals surface area (Å²) in [7, 11) is 0. The molecule has 2 nitrogen and oxygen atoms in total. The van der Waals surface area contributed by atoms with Crippen molar-refractivity contribution in [1.82, 2.24) is 0 Å². The molecule has 74 valence electrons. The third kappa shape index (κ3) is 2.89. The number of hydrogen-bond donors (Lipinski definition) is 0. The lowest BCUT2D eigenvalue weighted by Crippen LogP contribution is -2.03. The molecular weight excluding hydrogens is 200 g/mol. The van der Waals surface area contributed by atoms with Crippen molar-refractivity contribution < 1.29 is 9.53 Å². The predicted molar refractivity (Wildman–Crippen MR) is 57.3 cm³/mol. The first-order valence-electron chi connectivity index (χ1n) is 4.32. The van der Waals surface area contributed by atoms with E-state index in [1.807, 2.05) is 12.1 Å². The molecule has 1 aromatic rings. The summed E-state index contributed by atoms with van der Waals surface area (Å²) in [5.41, 5.74) is 2.94. The van der Waals surface area contributed by atoms with Gasteiger partial charge in [-0.2, -0.15) is 0 Å². The number of carbonyl (C=O) groups is 1. The second kappa shape index (κ2) is 5.45. The number of esters is 1. The minimum absolute atomic E-state index is 0.297. The van der Waals surface area contributed by atoms with Crippen molar-refractivity contribution in [3.05, 3.63) is 40.9 Å². The average molecular weight is 211 g/mol. The fraction of sp³-hybridized carbons (Fsp3) is 0.182. The number of halogens is 1. The van der Waals surface area contributed by atoms with Crippen molar-refractivity contribution in [2.24, 2.45) is 0 Å². The van der Waals surface area contributed by atoms with Crippen LogP contribution in [0.1, 0.15) is 22.8 Å². The Morgan fingerprint density at radius 2 is 2.07 bits per heavy atom. The van der Waals surface area contributed by atoms with E-state index in [1.165, 1.54) is 5.54 Å². The minimum Gasteiger partial charge on any atom is -0.462 e. The lowest BCUT2D eigenvalue weighted by molar-refractivity contribution is 0.0526. The maximum absolute atomic E-state index is 11.2. The van der Waals surface area contributed by atoms with Crippen LogP contribution in [0.3, 0.4) is 0 Å². The highest BCUT2D eigenvalue weighted by Crippen LogP contribution is 2.07. The second-order valence-corrected chi connectivity index (χ2v) is 2.89. The summed E-state index contributed by atoms with van der Waals surface area (Å²) in [5.74, 6) is -0.297. The van der Waals surface area contributed by atoms with Crippen molar-refractivity contribution in [2.75, 3.05) is 6.61 Å². The van der Waals surface area contributed by atoms with Gasteiger partial charge in [-0.15, -0.1) is 0 Å². The van der Waals surface area contributed by atoms with E-state index in [9.17, 15) is 4.79 Å². The molecule has 0 bridgehead atoms. The van der Waals surface area contributed by atoms with Gasteiger partial charge in [0.15, 0.2) is 0 Å². The molecule has 0 spiro atoms. The van der Waals surface area contributed by atoms with E-state index in [2.05, 4.69) is 0 Å². The molecule has 14 heavy (non-hydrogen) atoms. The number of ether oxygens (including phenoxy) is 1. The van der Waals surface area contributed by atoms with E-state index in [-0.39, 0.29) is 5.97 Å². The highest BCUT2D eigenvalue weighted by atomic mass is 35.5. The lowest BCUT2D eigenvalue weighted by Gasteiger charge is -2.01. The minimum atomic E-state index is -0.297. The third-order valence-corrected chi connectivity index (χ3v) is 1.80. The number of rotatable bonds is 3. The van der Waals surface area contributed by atoms with E-state index >= 15 is 0 Å². The van der Waals surface area contributed by atoms with Crippen LogP contribution in [0.5, 0.6) is 0 Å². The maximum atomic E-state index is 11.2. The first kappa shape index (κ1) is 10.8. The highest BCUT2D eigenvalue weighted by Gasteiger charge is 2.04. The quantitative estimate of drug-likeness (QED) is 0.717. The lowest BCUT2D eigenvalue weighted by atomic mass is 10.1. The first-order valence-corrected chi connectivity index (χ1v) is 4.75. The van der Waals surface area contributed by atoms with Crippen LogP contribution >= 0.6 is 11.6 Å². The van der Waals surface area contributed by atoms with Gasteiger partial charge in [0.05, 0.1) is 12.2 Å². The Morgan fingerprint density at radius 3 is 2.57 bits per heavy atom. The van der Waals surface area contributed by atoms with Gasteiger partial charge in [0, 0.05) is 5.54 Å². The van der Waals surface area contributed by atoms with Crippen LogP contribution in [0.25, 0.3) is 6.08 Å². The Labute approximate surface area is 88.1 Å². The van der Waals surface area contributed by atoms with Crippen molar-refractivity contribution >= 4 is 23.6 Å². The van der Waals surface area contributed by atoms with Crippen molar-refractivity contribution in [3.63, 3.8) is 0 Å². The Balaban J connectivity index is 2.77. The van der Waals surface area contributed by atoms with E-state index in [1.54, 1.807) is 25.1 Å². The van der Waals surface area contributed by atoms with Crippen LogP contribution in [0.2, 0.25) is 0 Å². The molecule has 0 fully saturated rings. The molecule has 0 radical (unpaired) electrons. The fourth-order valence-electron chi connectivity index (χ4n) is 1.02. The van der Waals surface area contributed by atoms with Crippen LogP contribution < -0.4 is 0 Å². The van der Waals surface area contributed by atoms with Crippen LogP contribution in [0.15, 0.2) is 29.8 Å². The zero-order valence-electron chi connectivity index (χ0n) is 7.87. The molecule has 3 heteroatoms. The van der Waals surface area contributed by atoms with Crippen LogP contribution in [0, 0.1) is 0 Å². The summed E-state index contributed by atoms with van der Waals surface area (Å²) in [6.45, 7) is 2.17.